The quantitative estimate of drug-likeness (QED) is 0.282. The molecule has 3 aromatic rings. The van der Waals surface area contributed by atoms with Crippen LogP contribution >= 0.6 is 11.6 Å². The Morgan fingerprint density at radius 2 is 1.56 bits per heavy atom. The predicted molar refractivity (Wildman–Crippen MR) is 163 cm³/mol. The van der Waals surface area contributed by atoms with E-state index in [2.05, 4.69) is 70.2 Å². The van der Waals surface area contributed by atoms with E-state index in [1.165, 1.54) is 23.1 Å². The van der Waals surface area contributed by atoms with Crippen LogP contribution in [0.15, 0.2) is 60.7 Å². The summed E-state index contributed by atoms with van der Waals surface area (Å²) in [6.45, 7) is 8.81. The van der Waals surface area contributed by atoms with Crippen LogP contribution in [0, 0.1) is 13.8 Å². The minimum absolute atomic E-state index is 0.0819. The summed E-state index contributed by atoms with van der Waals surface area (Å²) in [5.41, 5.74) is 8.09. The highest BCUT2D eigenvalue weighted by molar-refractivity contribution is 6.31. The third kappa shape index (κ3) is 6.31. The number of carbonyl (C=O) groups is 1. The zero-order valence-corrected chi connectivity index (χ0v) is 24.4. The molecule has 0 radical (unpaired) electrons. The van der Waals surface area contributed by atoms with E-state index in [1.54, 1.807) is 0 Å². The molecule has 3 aromatic carbocycles. The van der Waals surface area contributed by atoms with Crippen molar-refractivity contribution in [2.75, 3.05) is 0 Å². The van der Waals surface area contributed by atoms with Crippen molar-refractivity contribution in [2.24, 2.45) is 0 Å². The monoisotopic (exact) mass is 544 g/mol. The number of hydrogen-bond donors (Lipinski definition) is 2. The first-order valence-corrected chi connectivity index (χ1v) is 14.6. The molecule has 4 heteroatoms. The minimum atomic E-state index is -0.888. The van der Waals surface area contributed by atoms with Gasteiger partial charge < -0.3 is 10.2 Å². The second-order valence-electron chi connectivity index (χ2n) is 11.3. The van der Waals surface area contributed by atoms with Crippen molar-refractivity contribution in [1.82, 2.24) is 0 Å². The Balaban J connectivity index is 1.65. The lowest BCUT2D eigenvalue weighted by atomic mass is 9.69. The maximum Gasteiger partial charge on any atom is 0.307 e. The normalized spacial score (nSPS) is 15.5. The summed E-state index contributed by atoms with van der Waals surface area (Å²) >= 11 is 6.42. The van der Waals surface area contributed by atoms with Gasteiger partial charge in [-0.25, -0.2) is 0 Å². The molecular formula is C35H41ClO3. The highest BCUT2D eigenvalue weighted by Gasteiger charge is 2.31. The number of benzene rings is 3. The minimum Gasteiger partial charge on any atom is -0.481 e. The molecule has 206 valence electrons. The number of rotatable bonds is 9. The van der Waals surface area contributed by atoms with Gasteiger partial charge in [0.1, 0.15) is 0 Å². The van der Waals surface area contributed by atoms with E-state index in [9.17, 15) is 9.90 Å². The molecule has 0 unspecified atom stereocenters. The fourth-order valence-electron chi connectivity index (χ4n) is 6.28. The Kier molecular flexibility index (Phi) is 9.03. The fraction of sp³-hybridized carbons (Fsp3) is 0.400. The van der Waals surface area contributed by atoms with E-state index < -0.39 is 11.6 Å². The average Bonchev–Trinajstić information content (AvgIpc) is 2.91. The van der Waals surface area contributed by atoms with Gasteiger partial charge in [-0.3, -0.25) is 4.79 Å². The number of aryl methyl sites for hydroxylation is 2. The van der Waals surface area contributed by atoms with Crippen LogP contribution in [0.3, 0.4) is 0 Å². The first-order valence-electron chi connectivity index (χ1n) is 14.3. The zero-order valence-electron chi connectivity index (χ0n) is 23.7. The van der Waals surface area contributed by atoms with Crippen LogP contribution in [0.4, 0.5) is 0 Å². The van der Waals surface area contributed by atoms with Crippen molar-refractivity contribution in [3.63, 3.8) is 0 Å². The summed E-state index contributed by atoms with van der Waals surface area (Å²) in [5, 5.41) is 20.5. The van der Waals surface area contributed by atoms with Gasteiger partial charge in [-0.1, -0.05) is 105 Å². The number of hydrogen-bond acceptors (Lipinski definition) is 2. The summed E-state index contributed by atoms with van der Waals surface area (Å²) < 4.78 is 0. The molecule has 2 N–H and O–H groups in total. The van der Waals surface area contributed by atoms with Crippen molar-refractivity contribution < 1.29 is 15.0 Å². The molecule has 0 atom stereocenters. The number of carboxylic acids is 1. The van der Waals surface area contributed by atoms with Crippen molar-refractivity contribution in [2.45, 2.75) is 90.1 Å². The summed E-state index contributed by atoms with van der Waals surface area (Å²) in [5.74, 6) is -0.888. The van der Waals surface area contributed by atoms with Gasteiger partial charge in [0.25, 0.3) is 0 Å². The molecule has 39 heavy (non-hydrogen) atoms. The van der Waals surface area contributed by atoms with Gasteiger partial charge in [0, 0.05) is 10.4 Å². The molecule has 1 aliphatic carbocycles. The Morgan fingerprint density at radius 1 is 0.923 bits per heavy atom. The van der Waals surface area contributed by atoms with Gasteiger partial charge in [0.05, 0.1) is 12.0 Å². The predicted octanol–water partition coefficient (Wildman–Crippen LogP) is 9.07. The smallest absolute Gasteiger partial charge is 0.307 e. The topological polar surface area (TPSA) is 57.5 Å². The molecule has 4 rings (SSSR count). The molecule has 0 spiro atoms. The second kappa shape index (κ2) is 12.1. The third-order valence-corrected chi connectivity index (χ3v) is 9.16. The van der Waals surface area contributed by atoms with Crippen LogP contribution in [0.25, 0.3) is 17.2 Å². The lowest BCUT2D eigenvalue weighted by Crippen LogP contribution is -2.28. The molecule has 0 heterocycles. The van der Waals surface area contributed by atoms with E-state index in [0.29, 0.717) is 10.6 Å². The lowest BCUT2D eigenvalue weighted by molar-refractivity contribution is -0.136. The SMILES string of the molecule is CCC(CC)(c1ccc(/C=C/C2(O)CCCCC2)c(C)c1)c1ccc(-c2ccc(CC(=O)O)c(Cl)c2)c(C)c1. The Bertz CT molecular complexity index is 1360. The molecule has 1 saturated carbocycles. The average molecular weight is 545 g/mol. The lowest BCUT2D eigenvalue weighted by Gasteiger charge is -2.34. The van der Waals surface area contributed by atoms with Crippen LogP contribution < -0.4 is 0 Å². The zero-order chi connectivity index (χ0) is 28.2. The van der Waals surface area contributed by atoms with Crippen molar-refractivity contribution in [1.29, 1.82) is 0 Å². The van der Waals surface area contributed by atoms with E-state index >= 15 is 0 Å². The first-order chi connectivity index (χ1) is 18.6. The molecule has 0 amide bonds. The summed E-state index contributed by atoms with van der Waals surface area (Å²) in [6.07, 6.45) is 11.1. The Labute approximate surface area is 238 Å². The fourth-order valence-corrected chi connectivity index (χ4v) is 6.52. The molecular weight excluding hydrogens is 504 g/mol. The Morgan fingerprint density at radius 3 is 2.13 bits per heavy atom. The molecule has 0 bridgehead atoms. The highest BCUT2D eigenvalue weighted by atomic mass is 35.5. The highest BCUT2D eigenvalue weighted by Crippen LogP contribution is 2.41. The van der Waals surface area contributed by atoms with Gasteiger partial charge in [0.15, 0.2) is 0 Å². The second-order valence-corrected chi connectivity index (χ2v) is 11.7. The number of carboxylic acid groups (broad SMARTS) is 1. The number of aliphatic hydroxyl groups is 1. The largest absolute Gasteiger partial charge is 0.481 e. The maximum absolute atomic E-state index is 11.1. The van der Waals surface area contributed by atoms with Crippen molar-refractivity contribution in [3.05, 3.63) is 99.1 Å². The van der Waals surface area contributed by atoms with Gasteiger partial charge in [0.2, 0.25) is 0 Å². The number of halogens is 1. The summed E-state index contributed by atoms with van der Waals surface area (Å²) in [7, 11) is 0. The van der Waals surface area contributed by atoms with Gasteiger partial charge >= 0.3 is 5.97 Å². The van der Waals surface area contributed by atoms with Crippen LogP contribution in [0.5, 0.6) is 0 Å². The van der Waals surface area contributed by atoms with Crippen LogP contribution in [0.2, 0.25) is 5.02 Å². The van der Waals surface area contributed by atoms with Crippen LogP contribution in [-0.2, 0) is 16.6 Å². The Hall–Kier alpha value is -2.88. The van der Waals surface area contributed by atoms with Gasteiger partial charge in [-0.05, 0) is 90.1 Å². The van der Waals surface area contributed by atoms with Crippen molar-refractivity contribution >= 4 is 23.6 Å². The molecule has 1 aliphatic rings. The third-order valence-electron chi connectivity index (χ3n) is 8.81. The van der Waals surface area contributed by atoms with Crippen LogP contribution in [-0.4, -0.2) is 21.8 Å². The van der Waals surface area contributed by atoms with Crippen LogP contribution in [0.1, 0.15) is 92.2 Å². The van der Waals surface area contributed by atoms with E-state index in [-0.39, 0.29) is 11.8 Å². The van der Waals surface area contributed by atoms with Gasteiger partial charge in [-0.15, -0.1) is 0 Å². The molecule has 0 aromatic heterocycles. The van der Waals surface area contributed by atoms with E-state index in [4.69, 9.17) is 16.7 Å². The van der Waals surface area contributed by atoms with E-state index in [1.807, 2.05) is 24.3 Å². The van der Waals surface area contributed by atoms with E-state index in [0.717, 1.165) is 60.8 Å². The van der Waals surface area contributed by atoms with Gasteiger partial charge in [-0.2, -0.15) is 0 Å². The molecule has 3 nitrogen and oxygen atoms in total. The summed E-state index contributed by atoms with van der Waals surface area (Å²) in [6, 6.07) is 19.1. The summed E-state index contributed by atoms with van der Waals surface area (Å²) in [4.78, 5) is 11.1. The standard InChI is InChI=1S/C35H41ClO3/c1-5-35(6-2,29-13-12-26(24(3)20-29)16-19-34(39)17-8-7-9-18-34)30-14-15-31(25(4)21-30)27-10-11-28(23-33(37)38)32(36)22-27/h10-16,19-22,39H,5-9,17-18,23H2,1-4H3,(H,37,38)/b19-16+. The molecule has 1 fully saturated rings. The maximum atomic E-state index is 11.1. The first kappa shape index (κ1) is 29.1. The number of aliphatic carboxylic acids is 1. The molecule has 0 saturated heterocycles. The van der Waals surface area contributed by atoms with Crippen molar-refractivity contribution in [3.8, 4) is 11.1 Å². The molecule has 0 aliphatic heterocycles.